The molecule has 0 spiro atoms. The van der Waals surface area contributed by atoms with Crippen LogP contribution < -0.4 is 22.1 Å². The van der Waals surface area contributed by atoms with Crippen molar-refractivity contribution in [3.05, 3.63) is 0 Å². The van der Waals surface area contributed by atoms with Crippen molar-refractivity contribution in [1.29, 1.82) is 0 Å². The van der Waals surface area contributed by atoms with Crippen LogP contribution in [0.4, 0.5) is 4.79 Å². The summed E-state index contributed by atoms with van der Waals surface area (Å²) in [5.74, 6) is -2.85. The van der Waals surface area contributed by atoms with Crippen molar-refractivity contribution in [3.63, 3.8) is 0 Å². The molecule has 4 amide bonds. The number of urea groups is 1. The molecule has 19 heavy (non-hydrogen) atoms. The number of carbonyl (C=O) groups is 4. The lowest BCUT2D eigenvalue weighted by Crippen LogP contribution is -2.50. The molecule has 7 N–H and O–H groups in total. The Morgan fingerprint density at radius 3 is 2.11 bits per heavy atom. The summed E-state index contributed by atoms with van der Waals surface area (Å²) in [6.07, 6.45) is -0.526. The third-order valence-electron chi connectivity index (χ3n) is 2.37. The average molecular weight is 274 g/mol. The minimum Gasteiger partial charge on any atom is -0.480 e. The number of amides is 4. The molecule has 108 valence electrons. The first-order valence-corrected chi connectivity index (χ1v) is 5.41. The van der Waals surface area contributed by atoms with Gasteiger partial charge in [0.25, 0.3) is 0 Å². The number of hydrogen-bond donors (Lipinski definition) is 5. The van der Waals surface area contributed by atoms with Crippen LogP contribution in [0.3, 0.4) is 0 Å². The fraction of sp³-hybridized carbons (Fsp3) is 0.600. The van der Waals surface area contributed by atoms with Crippen molar-refractivity contribution in [3.8, 4) is 0 Å². The zero-order valence-electron chi connectivity index (χ0n) is 10.7. The van der Waals surface area contributed by atoms with Gasteiger partial charge in [-0.1, -0.05) is 0 Å². The molecular weight excluding hydrogens is 256 g/mol. The van der Waals surface area contributed by atoms with E-state index >= 15 is 0 Å². The highest BCUT2D eigenvalue weighted by molar-refractivity contribution is 5.88. The van der Waals surface area contributed by atoms with Crippen LogP contribution in [0.1, 0.15) is 20.3 Å². The van der Waals surface area contributed by atoms with E-state index in [4.69, 9.17) is 16.6 Å². The Hall–Kier alpha value is -2.32. The lowest BCUT2D eigenvalue weighted by atomic mass is 9.93. The third-order valence-corrected chi connectivity index (χ3v) is 2.37. The molecule has 9 heteroatoms. The molecule has 0 radical (unpaired) electrons. The van der Waals surface area contributed by atoms with Gasteiger partial charge in [0, 0.05) is 6.54 Å². The van der Waals surface area contributed by atoms with E-state index in [9.17, 15) is 19.2 Å². The Kier molecular flexibility index (Phi) is 5.77. The van der Waals surface area contributed by atoms with Crippen LogP contribution in [-0.4, -0.2) is 41.5 Å². The largest absolute Gasteiger partial charge is 0.480 e. The van der Waals surface area contributed by atoms with Crippen molar-refractivity contribution in [1.82, 2.24) is 10.6 Å². The number of nitrogens with one attached hydrogen (secondary N) is 2. The normalized spacial score (nSPS) is 12.3. The average Bonchev–Trinajstić information content (AvgIpc) is 2.24. The number of nitrogens with two attached hydrogens (primary N) is 2. The lowest BCUT2D eigenvalue weighted by Gasteiger charge is -2.21. The van der Waals surface area contributed by atoms with E-state index in [2.05, 4.69) is 10.6 Å². The van der Waals surface area contributed by atoms with Crippen LogP contribution in [0.2, 0.25) is 0 Å². The second-order valence-corrected chi connectivity index (χ2v) is 4.64. The fourth-order valence-electron chi connectivity index (χ4n) is 0.999. The van der Waals surface area contributed by atoms with Crippen LogP contribution >= 0.6 is 0 Å². The maximum Gasteiger partial charge on any atom is 0.326 e. The van der Waals surface area contributed by atoms with Gasteiger partial charge in [-0.05, 0) is 13.8 Å². The monoisotopic (exact) mass is 274 g/mol. The zero-order valence-corrected chi connectivity index (χ0v) is 10.7. The number of aliphatic carboxylic acids is 1. The van der Waals surface area contributed by atoms with Crippen LogP contribution in [-0.2, 0) is 14.4 Å². The Balaban J connectivity index is 4.40. The van der Waals surface area contributed by atoms with E-state index < -0.39 is 41.7 Å². The smallest absolute Gasteiger partial charge is 0.326 e. The first kappa shape index (κ1) is 16.7. The number of primary amides is 2. The summed E-state index contributed by atoms with van der Waals surface area (Å²) in [6.45, 7) is 2.97. The highest BCUT2D eigenvalue weighted by Crippen LogP contribution is 2.11. The molecule has 0 aliphatic rings. The predicted molar refractivity (Wildman–Crippen MR) is 64.7 cm³/mol. The minimum absolute atomic E-state index is 0.0723. The molecule has 0 rings (SSSR count). The highest BCUT2D eigenvalue weighted by Gasteiger charge is 2.27. The summed E-state index contributed by atoms with van der Waals surface area (Å²) >= 11 is 0. The first-order valence-electron chi connectivity index (χ1n) is 5.41. The first-order chi connectivity index (χ1) is 8.56. The number of carbonyl (C=O) groups excluding carboxylic acids is 3. The van der Waals surface area contributed by atoms with Gasteiger partial charge >= 0.3 is 12.0 Å². The third kappa shape index (κ3) is 6.24. The van der Waals surface area contributed by atoms with Crippen molar-refractivity contribution in [2.75, 3.05) is 6.54 Å². The van der Waals surface area contributed by atoms with Gasteiger partial charge in [0.1, 0.15) is 6.04 Å². The van der Waals surface area contributed by atoms with Crippen LogP contribution in [0.25, 0.3) is 0 Å². The Morgan fingerprint density at radius 2 is 1.74 bits per heavy atom. The van der Waals surface area contributed by atoms with Gasteiger partial charge in [-0.15, -0.1) is 0 Å². The van der Waals surface area contributed by atoms with E-state index in [-0.39, 0.29) is 6.54 Å². The molecule has 0 saturated heterocycles. The van der Waals surface area contributed by atoms with E-state index in [1.54, 1.807) is 0 Å². The van der Waals surface area contributed by atoms with Crippen LogP contribution in [0, 0.1) is 5.41 Å². The summed E-state index contributed by atoms with van der Waals surface area (Å²) in [4.78, 5) is 43.8. The van der Waals surface area contributed by atoms with E-state index in [0.29, 0.717) is 0 Å². The minimum atomic E-state index is -1.42. The van der Waals surface area contributed by atoms with Crippen molar-refractivity contribution in [2.24, 2.45) is 16.9 Å². The molecule has 0 aromatic carbocycles. The zero-order chi connectivity index (χ0) is 15.2. The van der Waals surface area contributed by atoms with Gasteiger partial charge < -0.3 is 27.2 Å². The number of hydrogen-bond acceptors (Lipinski definition) is 4. The molecule has 0 saturated carbocycles. The SMILES string of the molecule is CC(C)(CNC(=O)N[C@H](CC(N)=O)C(=O)O)C(N)=O. The van der Waals surface area contributed by atoms with E-state index in [1.165, 1.54) is 13.8 Å². The predicted octanol–water partition coefficient (Wildman–Crippen LogP) is -1.87. The number of rotatable bonds is 7. The van der Waals surface area contributed by atoms with Crippen molar-refractivity contribution in [2.45, 2.75) is 26.3 Å². The quantitative estimate of drug-likeness (QED) is 0.366. The van der Waals surface area contributed by atoms with Crippen LogP contribution in [0.15, 0.2) is 0 Å². The van der Waals surface area contributed by atoms with Gasteiger partial charge in [-0.2, -0.15) is 0 Å². The highest BCUT2D eigenvalue weighted by atomic mass is 16.4. The van der Waals surface area contributed by atoms with Gasteiger partial charge in [0.15, 0.2) is 0 Å². The van der Waals surface area contributed by atoms with E-state index in [1.807, 2.05) is 0 Å². The summed E-state index contributed by atoms with van der Waals surface area (Å²) in [5.41, 5.74) is 8.99. The van der Waals surface area contributed by atoms with Crippen molar-refractivity contribution >= 4 is 23.8 Å². The molecular formula is C10H18N4O5. The molecule has 9 nitrogen and oxygen atoms in total. The summed E-state index contributed by atoms with van der Waals surface area (Å²) < 4.78 is 0. The molecule has 0 heterocycles. The maximum atomic E-state index is 11.4. The van der Waals surface area contributed by atoms with E-state index in [0.717, 1.165) is 0 Å². The second-order valence-electron chi connectivity index (χ2n) is 4.64. The molecule has 0 aliphatic carbocycles. The molecule has 0 fully saturated rings. The summed E-state index contributed by atoms with van der Waals surface area (Å²) in [7, 11) is 0. The standard InChI is InChI=1S/C10H18N4O5/c1-10(2,8(12)18)4-13-9(19)14-5(7(16)17)3-6(11)15/h5H,3-4H2,1-2H3,(H2,11,15)(H2,12,18)(H,16,17)(H2,13,14,19)/t5-/m1/s1. The Labute approximate surface area is 109 Å². The molecule has 1 atom stereocenters. The van der Waals surface area contributed by atoms with Crippen LogP contribution in [0.5, 0.6) is 0 Å². The lowest BCUT2D eigenvalue weighted by molar-refractivity contribution is -0.140. The summed E-state index contributed by atoms with van der Waals surface area (Å²) in [6, 6.07) is -2.25. The van der Waals surface area contributed by atoms with Gasteiger partial charge in [-0.25, -0.2) is 9.59 Å². The number of carboxylic acid groups (broad SMARTS) is 1. The molecule has 0 unspecified atom stereocenters. The Morgan fingerprint density at radius 1 is 1.21 bits per heavy atom. The Bertz CT molecular complexity index is 393. The molecule has 0 aliphatic heterocycles. The maximum absolute atomic E-state index is 11.4. The van der Waals surface area contributed by atoms with Gasteiger partial charge in [0.2, 0.25) is 11.8 Å². The molecule has 0 aromatic heterocycles. The van der Waals surface area contributed by atoms with Crippen molar-refractivity contribution < 1.29 is 24.3 Å². The summed E-state index contributed by atoms with van der Waals surface area (Å²) in [5, 5.41) is 13.1. The van der Waals surface area contributed by atoms with Gasteiger partial charge in [-0.3, -0.25) is 9.59 Å². The molecule has 0 bridgehead atoms. The molecule has 0 aromatic rings. The number of carboxylic acids is 1. The second kappa shape index (κ2) is 6.57. The topological polar surface area (TPSA) is 165 Å². The van der Waals surface area contributed by atoms with Gasteiger partial charge in [0.05, 0.1) is 11.8 Å². The fourth-order valence-corrected chi connectivity index (χ4v) is 0.999.